The maximum absolute atomic E-state index is 5.67. The minimum absolute atomic E-state index is 0.881. The zero-order chi connectivity index (χ0) is 16.2. The fourth-order valence-corrected chi connectivity index (χ4v) is 3.04. The molecule has 2 nitrogen and oxygen atoms in total. The van der Waals surface area contributed by atoms with Crippen LogP contribution >= 0.6 is 0 Å². The van der Waals surface area contributed by atoms with Crippen LogP contribution in [0.4, 0.5) is 0 Å². The molecule has 0 aromatic heterocycles. The molecule has 0 unspecified atom stereocenters. The molecule has 0 bridgehead atoms. The lowest BCUT2D eigenvalue weighted by molar-refractivity contribution is 0.308. The quantitative estimate of drug-likeness (QED) is 0.769. The number of methoxy groups -OCH3 is 2. The number of hydrogen-bond acceptors (Lipinski definition) is 2. The molecule has 2 aromatic rings. The van der Waals surface area contributed by atoms with Gasteiger partial charge < -0.3 is 9.47 Å². The lowest BCUT2D eigenvalue weighted by atomic mass is 9.86. The second-order valence-corrected chi connectivity index (χ2v) is 5.76. The molecule has 0 spiro atoms. The Bertz CT molecular complexity index is 752. The van der Waals surface area contributed by atoms with Crippen LogP contribution in [0.3, 0.4) is 0 Å². The summed E-state index contributed by atoms with van der Waals surface area (Å²) in [5.74, 6) is 1.84. The van der Waals surface area contributed by atoms with Gasteiger partial charge in [-0.25, -0.2) is 0 Å². The highest BCUT2D eigenvalue weighted by Gasteiger charge is 2.20. The van der Waals surface area contributed by atoms with Crippen LogP contribution in [-0.2, 0) is 4.74 Å². The van der Waals surface area contributed by atoms with Gasteiger partial charge in [-0.15, -0.1) is 0 Å². The third kappa shape index (κ3) is 3.16. The highest BCUT2D eigenvalue weighted by Crippen LogP contribution is 2.39. The van der Waals surface area contributed by atoms with Crippen molar-refractivity contribution < 1.29 is 9.47 Å². The summed E-state index contributed by atoms with van der Waals surface area (Å²) in [4.78, 5) is 0. The van der Waals surface area contributed by atoms with Crippen molar-refractivity contribution in [2.75, 3.05) is 14.2 Å². The molecule has 0 N–H and O–H groups in total. The molecular formula is C21H22O2. The molecule has 2 heteroatoms. The van der Waals surface area contributed by atoms with Gasteiger partial charge in [0.2, 0.25) is 0 Å². The monoisotopic (exact) mass is 306 g/mol. The summed E-state index contributed by atoms with van der Waals surface area (Å²) >= 11 is 0. The second kappa shape index (κ2) is 6.74. The average molecular weight is 306 g/mol. The molecule has 2 aromatic carbocycles. The van der Waals surface area contributed by atoms with E-state index in [1.807, 2.05) is 12.1 Å². The van der Waals surface area contributed by atoms with Gasteiger partial charge in [-0.3, -0.25) is 0 Å². The van der Waals surface area contributed by atoms with Crippen LogP contribution in [0, 0.1) is 6.92 Å². The van der Waals surface area contributed by atoms with Gasteiger partial charge in [0.25, 0.3) is 0 Å². The molecule has 0 atom stereocenters. The standard InChI is InChI=1S/C21H22O2/c1-15-10-12-16(13-11-15)21-19(8-5-9-20(21)23-3)17-6-4-7-18(14-17)22-2/h4,6-7,9-14H,5,8H2,1-3H3. The minimum atomic E-state index is 0.881. The van der Waals surface area contributed by atoms with E-state index in [-0.39, 0.29) is 0 Å². The highest BCUT2D eigenvalue weighted by atomic mass is 16.5. The van der Waals surface area contributed by atoms with E-state index in [1.54, 1.807) is 14.2 Å². The van der Waals surface area contributed by atoms with Crippen LogP contribution < -0.4 is 4.74 Å². The van der Waals surface area contributed by atoms with Gasteiger partial charge in [0.1, 0.15) is 11.5 Å². The molecular weight excluding hydrogens is 284 g/mol. The smallest absolute Gasteiger partial charge is 0.123 e. The molecule has 1 aliphatic carbocycles. The van der Waals surface area contributed by atoms with Crippen molar-refractivity contribution in [3.63, 3.8) is 0 Å². The zero-order valence-corrected chi connectivity index (χ0v) is 13.9. The SMILES string of the molecule is COC1=CCCC(c2cccc(OC)c2)=C1c1ccc(C)cc1. The largest absolute Gasteiger partial charge is 0.497 e. The first kappa shape index (κ1) is 15.4. The number of ether oxygens (including phenoxy) is 2. The first-order chi connectivity index (χ1) is 11.2. The van der Waals surface area contributed by atoms with Gasteiger partial charge in [0.05, 0.1) is 14.2 Å². The summed E-state index contributed by atoms with van der Waals surface area (Å²) in [6.45, 7) is 2.11. The third-order valence-corrected chi connectivity index (χ3v) is 4.25. The Morgan fingerprint density at radius 2 is 1.65 bits per heavy atom. The fraction of sp³-hybridized carbons (Fsp3) is 0.238. The Hall–Kier alpha value is -2.48. The van der Waals surface area contributed by atoms with E-state index in [0.717, 1.165) is 24.4 Å². The predicted molar refractivity (Wildman–Crippen MR) is 95.3 cm³/mol. The first-order valence-electron chi connectivity index (χ1n) is 7.92. The number of hydrogen-bond donors (Lipinski definition) is 0. The van der Waals surface area contributed by atoms with Crippen LogP contribution in [-0.4, -0.2) is 14.2 Å². The molecule has 1 aliphatic rings. The maximum atomic E-state index is 5.67. The van der Waals surface area contributed by atoms with Crippen LogP contribution in [0.15, 0.2) is 60.4 Å². The zero-order valence-electron chi connectivity index (χ0n) is 13.9. The van der Waals surface area contributed by atoms with Gasteiger partial charge in [0, 0.05) is 5.57 Å². The van der Waals surface area contributed by atoms with E-state index in [2.05, 4.69) is 49.4 Å². The Kier molecular flexibility index (Phi) is 4.52. The summed E-state index contributed by atoms with van der Waals surface area (Å²) in [6.07, 6.45) is 4.17. The van der Waals surface area contributed by atoms with Crippen molar-refractivity contribution in [3.8, 4) is 5.75 Å². The molecule has 0 aliphatic heterocycles. The van der Waals surface area contributed by atoms with Crippen LogP contribution in [0.5, 0.6) is 5.75 Å². The van der Waals surface area contributed by atoms with Crippen LogP contribution in [0.25, 0.3) is 11.1 Å². The molecule has 0 amide bonds. The second-order valence-electron chi connectivity index (χ2n) is 5.76. The first-order valence-corrected chi connectivity index (χ1v) is 7.92. The van der Waals surface area contributed by atoms with Crippen molar-refractivity contribution >= 4 is 11.1 Å². The molecule has 23 heavy (non-hydrogen) atoms. The Balaban J connectivity index is 2.17. The highest BCUT2D eigenvalue weighted by molar-refractivity contribution is 5.98. The Labute approximate surface area is 138 Å². The number of rotatable bonds is 4. The van der Waals surface area contributed by atoms with E-state index in [4.69, 9.17) is 9.47 Å². The van der Waals surface area contributed by atoms with E-state index in [0.29, 0.717) is 0 Å². The molecule has 118 valence electrons. The minimum Gasteiger partial charge on any atom is -0.497 e. The normalized spacial score (nSPS) is 14.5. The summed E-state index contributed by atoms with van der Waals surface area (Å²) in [5.41, 5.74) is 6.15. The lowest BCUT2D eigenvalue weighted by Gasteiger charge is -2.22. The van der Waals surface area contributed by atoms with Gasteiger partial charge in [0.15, 0.2) is 0 Å². The van der Waals surface area contributed by atoms with Crippen molar-refractivity contribution in [1.82, 2.24) is 0 Å². The van der Waals surface area contributed by atoms with E-state index in [9.17, 15) is 0 Å². The predicted octanol–water partition coefficient (Wildman–Crippen LogP) is 5.24. The number of benzene rings is 2. The lowest BCUT2D eigenvalue weighted by Crippen LogP contribution is -2.03. The van der Waals surface area contributed by atoms with Gasteiger partial charge in [-0.2, -0.15) is 0 Å². The van der Waals surface area contributed by atoms with Crippen molar-refractivity contribution in [2.24, 2.45) is 0 Å². The summed E-state index contributed by atoms with van der Waals surface area (Å²) in [7, 11) is 3.45. The van der Waals surface area contributed by atoms with E-state index in [1.165, 1.54) is 27.8 Å². The van der Waals surface area contributed by atoms with Crippen molar-refractivity contribution in [2.45, 2.75) is 19.8 Å². The fourth-order valence-electron chi connectivity index (χ4n) is 3.04. The van der Waals surface area contributed by atoms with Gasteiger partial charge in [-0.05, 0) is 54.7 Å². The van der Waals surface area contributed by atoms with Crippen LogP contribution in [0.2, 0.25) is 0 Å². The van der Waals surface area contributed by atoms with Crippen molar-refractivity contribution in [3.05, 3.63) is 77.1 Å². The Morgan fingerprint density at radius 3 is 2.35 bits per heavy atom. The molecule has 0 saturated carbocycles. The topological polar surface area (TPSA) is 18.5 Å². The summed E-state index contributed by atoms with van der Waals surface area (Å²) < 4.78 is 11.1. The summed E-state index contributed by atoms with van der Waals surface area (Å²) in [6, 6.07) is 16.9. The molecule has 0 fully saturated rings. The molecule has 0 radical (unpaired) electrons. The third-order valence-electron chi connectivity index (χ3n) is 4.25. The van der Waals surface area contributed by atoms with Gasteiger partial charge >= 0.3 is 0 Å². The number of allylic oxidation sites excluding steroid dienone is 3. The Morgan fingerprint density at radius 1 is 0.870 bits per heavy atom. The van der Waals surface area contributed by atoms with Gasteiger partial charge in [-0.1, -0.05) is 42.0 Å². The molecule has 0 saturated heterocycles. The van der Waals surface area contributed by atoms with E-state index < -0.39 is 0 Å². The van der Waals surface area contributed by atoms with Crippen LogP contribution in [0.1, 0.15) is 29.5 Å². The number of aryl methyl sites for hydroxylation is 1. The van der Waals surface area contributed by atoms with Crippen molar-refractivity contribution in [1.29, 1.82) is 0 Å². The summed E-state index contributed by atoms with van der Waals surface area (Å²) in [5, 5.41) is 0. The molecule has 3 rings (SSSR count). The maximum Gasteiger partial charge on any atom is 0.123 e. The van der Waals surface area contributed by atoms with E-state index >= 15 is 0 Å². The average Bonchev–Trinajstić information content (AvgIpc) is 2.62. The molecule has 0 heterocycles.